The van der Waals surface area contributed by atoms with Crippen LogP contribution < -0.4 is 0 Å². The van der Waals surface area contributed by atoms with Crippen LogP contribution in [0.2, 0.25) is 0 Å². The number of hydrogen-bond donors (Lipinski definition) is 0. The zero-order valence-corrected chi connectivity index (χ0v) is 9.92. The summed E-state index contributed by atoms with van der Waals surface area (Å²) in [6.07, 6.45) is -2.59. The van der Waals surface area contributed by atoms with Gasteiger partial charge in [0, 0.05) is 13.1 Å². The van der Waals surface area contributed by atoms with Crippen LogP contribution in [0.3, 0.4) is 0 Å². The number of hydrogen-bond acceptors (Lipinski definition) is 2. The van der Waals surface area contributed by atoms with Crippen LogP contribution >= 0.6 is 0 Å². The lowest BCUT2D eigenvalue weighted by Crippen LogP contribution is -2.28. The summed E-state index contributed by atoms with van der Waals surface area (Å²) in [5.74, 6) is -0.230. The summed E-state index contributed by atoms with van der Waals surface area (Å²) in [7, 11) is 0. The fourth-order valence-corrected chi connectivity index (χ4v) is 2.04. The predicted molar refractivity (Wildman–Crippen MR) is 59.1 cm³/mol. The van der Waals surface area contributed by atoms with Gasteiger partial charge in [0.15, 0.2) is 0 Å². The molecule has 18 heavy (non-hydrogen) atoms. The number of likely N-dealkylation sites (tertiary alicyclic amines) is 1. The summed E-state index contributed by atoms with van der Waals surface area (Å²) < 4.78 is 37.3. The van der Waals surface area contributed by atoms with E-state index in [1.54, 1.807) is 4.90 Å². The second-order valence-corrected chi connectivity index (χ2v) is 4.33. The van der Waals surface area contributed by atoms with Gasteiger partial charge < -0.3 is 4.90 Å². The second kappa shape index (κ2) is 4.59. The summed E-state index contributed by atoms with van der Waals surface area (Å²) in [6.45, 7) is 2.76. The summed E-state index contributed by atoms with van der Waals surface area (Å²) in [4.78, 5) is 17.1. The largest absolute Gasteiger partial charge is 0.433 e. The van der Waals surface area contributed by atoms with E-state index in [0.29, 0.717) is 13.1 Å². The van der Waals surface area contributed by atoms with Gasteiger partial charge in [0.25, 0.3) is 5.91 Å². The Morgan fingerprint density at radius 3 is 2.39 bits per heavy atom. The lowest BCUT2D eigenvalue weighted by Gasteiger charge is -2.17. The van der Waals surface area contributed by atoms with E-state index in [2.05, 4.69) is 4.98 Å². The van der Waals surface area contributed by atoms with E-state index in [9.17, 15) is 18.0 Å². The van der Waals surface area contributed by atoms with Gasteiger partial charge in [-0.2, -0.15) is 13.2 Å². The smallest absolute Gasteiger partial charge is 0.339 e. The van der Waals surface area contributed by atoms with Crippen molar-refractivity contribution < 1.29 is 18.0 Å². The first-order chi connectivity index (χ1) is 8.39. The number of rotatable bonds is 1. The minimum Gasteiger partial charge on any atom is -0.339 e. The lowest BCUT2D eigenvalue weighted by molar-refractivity contribution is -0.141. The Morgan fingerprint density at radius 1 is 1.28 bits per heavy atom. The van der Waals surface area contributed by atoms with Gasteiger partial charge in [0.1, 0.15) is 5.69 Å². The molecule has 0 atom stereocenters. The number of carbonyl (C=O) groups excluding carboxylic acids is 1. The monoisotopic (exact) mass is 258 g/mol. The van der Waals surface area contributed by atoms with E-state index in [-0.39, 0.29) is 17.2 Å². The molecule has 0 aromatic carbocycles. The number of halogens is 3. The van der Waals surface area contributed by atoms with Crippen molar-refractivity contribution in [3.8, 4) is 0 Å². The molecule has 0 N–H and O–H groups in total. The maximum atomic E-state index is 12.4. The van der Waals surface area contributed by atoms with E-state index >= 15 is 0 Å². The van der Waals surface area contributed by atoms with Crippen LogP contribution in [-0.2, 0) is 6.18 Å². The van der Waals surface area contributed by atoms with Crippen LogP contribution in [0.1, 0.15) is 34.6 Å². The Bertz CT molecular complexity index is 465. The molecule has 0 unspecified atom stereocenters. The van der Waals surface area contributed by atoms with Gasteiger partial charge in [0.2, 0.25) is 0 Å². The molecule has 2 rings (SSSR count). The number of alkyl halides is 3. The summed E-state index contributed by atoms with van der Waals surface area (Å²) in [6, 6.07) is 2.07. The molecule has 1 aromatic rings. The Hall–Kier alpha value is -1.59. The number of aromatic nitrogens is 1. The number of carbonyl (C=O) groups is 1. The highest BCUT2D eigenvalue weighted by Gasteiger charge is 2.33. The van der Waals surface area contributed by atoms with Crippen molar-refractivity contribution in [2.45, 2.75) is 25.9 Å². The summed E-state index contributed by atoms with van der Waals surface area (Å²) >= 11 is 0. The molecule has 1 amide bonds. The number of pyridine rings is 1. The highest BCUT2D eigenvalue weighted by molar-refractivity contribution is 5.95. The van der Waals surface area contributed by atoms with Crippen molar-refractivity contribution in [3.05, 3.63) is 29.1 Å². The minimum absolute atomic E-state index is 0.127. The molecule has 1 aliphatic heterocycles. The van der Waals surface area contributed by atoms with E-state index < -0.39 is 11.9 Å². The molecule has 1 saturated heterocycles. The molecule has 0 aliphatic carbocycles. The first kappa shape index (κ1) is 12.9. The van der Waals surface area contributed by atoms with Gasteiger partial charge in [-0.15, -0.1) is 0 Å². The Labute approximate surface area is 103 Å². The Balaban J connectivity index is 2.27. The van der Waals surface area contributed by atoms with Gasteiger partial charge in [-0.1, -0.05) is 0 Å². The fourth-order valence-electron chi connectivity index (χ4n) is 2.04. The first-order valence-electron chi connectivity index (χ1n) is 5.74. The predicted octanol–water partition coefficient (Wildman–Crippen LogP) is 2.64. The van der Waals surface area contributed by atoms with Crippen molar-refractivity contribution in [2.75, 3.05) is 13.1 Å². The fraction of sp³-hybridized carbons (Fsp3) is 0.500. The van der Waals surface area contributed by atoms with Crippen LogP contribution in [0.15, 0.2) is 12.1 Å². The molecule has 0 radical (unpaired) electrons. The third-order valence-corrected chi connectivity index (χ3v) is 3.00. The molecule has 1 aliphatic rings. The maximum absolute atomic E-state index is 12.4. The molecule has 3 nitrogen and oxygen atoms in total. The second-order valence-electron chi connectivity index (χ2n) is 4.33. The summed E-state index contributed by atoms with van der Waals surface area (Å²) in [5.41, 5.74) is -0.579. The van der Waals surface area contributed by atoms with Crippen molar-refractivity contribution >= 4 is 5.91 Å². The van der Waals surface area contributed by atoms with Gasteiger partial charge >= 0.3 is 6.18 Å². The molecule has 2 heterocycles. The third kappa shape index (κ3) is 2.47. The summed E-state index contributed by atoms with van der Waals surface area (Å²) in [5, 5.41) is 0. The maximum Gasteiger partial charge on any atom is 0.433 e. The highest BCUT2D eigenvalue weighted by atomic mass is 19.4. The average molecular weight is 258 g/mol. The molecule has 1 aromatic heterocycles. The number of aryl methyl sites for hydroxylation is 1. The SMILES string of the molecule is Cc1nc(C(F)(F)F)ccc1C(=O)N1CCCC1. The lowest BCUT2D eigenvalue weighted by atomic mass is 10.1. The molecule has 0 spiro atoms. The standard InChI is InChI=1S/C12H13F3N2O/c1-8-9(11(18)17-6-2-3-7-17)4-5-10(16-8)12(13,14)15/h4-5H,2-3,6-7H2,1H3. The van der Waals surface area contributed by atoms with Gasteiger partial charge in [0.05, 0.1) is 11.3 Å². The van der Waals surface area contributed by atoms with Crippen molar-refractivity contribution in [2.24, 2.45) is 0 Å². The third-order valence-electron chi connectivity index (χ3n) is 3.00. The molecule has 0 bridgehead atoms. The van der Waals surface area contributed by atoms with Crippen molar-refractivity contribution in [3.63, 3.8) is 0 Å². The molecule has 98 valence electrons. The number of nitrogens with zero attached hydrogens (tertiary/aromatic N) is 2. The van der Waals surface area contributed by atoms with E-state index in [0.717, 1.165) is 18.9 Å². The molecular weight excluding hydrogens is 245 g/mol. The zero-order valence-electron chi connectivity index (χ0n) is 9.92. The molecule has 1 fully saturated rings. The van der Waals surface area contributed by atoms with Crippen molar-refractivity contribution in [1.82, 2.24) is 9.88 Å². The molecular formula is C12H13F3N2O. The zero-order chi connectivity index (χ0) is 13.3. The van der Waals surface area contributed by atoms with Crippen LogP contribution in [0.25, 0.3) is 0 Å². The van der Waals surface area contributed by atoms with E-state index in [1.807, 2.05) is 0 Å². The average Bonchev–Trinajstić information content (AvgIpc) is 2.80. The normalized spacial score (nSPS) is 16.1. The van der Waals surface area contributed by atoms with Crippen LogP contribution in [0, 0.1) is 6.92 Å². The molecule has 6 heteroatoms. The Kier molecular flexibility index (Phi) is 3.28. The minimum atomic E-state index is -4.47. The quantitative estimate of drug-likeness (QED) is 0.775. The first-order valence-corrected chi connectivity index (χ1v) is 5.74. The van der Waals surface area contributed by atoms with Gasteiger partial charge in [-0.3, -0.25) is 4.79 Å². The topological polar surface area (TPSA) is 33.2 Å². The van der Waals surface area contributed by atoms with Gasteiger partial charge in [-0.05, 0) is 31.9 Å². The van der Waals surface area contributed by atoms with Crippen LogP contribution in [0.5, 0.6) is 0 Å². The van der Waals surface area contributed by atoms with Crippen LogP contribution in [0.4, 0.5) is 13.2 Å². The van der Waals surface area contributed by atoms with E-state index in [4.69, 9.17) is 0 Å². The Morgan fingerprint density at radius 2 is 1.89 bits per heavy atom. The van der Waals surface area contributed by atoms with Gasteiger partial charge in [-0.25, -0.2) is 4.98 Å². The van der Waals surface area contributed by atoms with E-state index in [1.165, 1.54) is 13.0 Å². The number of amides is 1. The van der Waals surface area contributed by atoms with Crippen molar-refractivity contribution in [1.29, 1.82) is 0 Å². The molecule has 0 saturated carbocycles. The van der Waals surface area contributed by atoms with Crippen LogP contribution in [-0.4, -0.2) is 28.9 Å². The highest BCUT2D eigenvalue weighted by Crippen LogP contribution is 2.28.